The molecular formula is C20H18N4O6. The molecule has 0 fully saturated rings. The van der Waals surface area contributed by atoms with Crippen molar-refractivity contribution in [2.45, 2.75) is 20.4 Å². The largest absolute Gasteiger partial charge is 0.497 e. The molecule has 0 N–H and O–H groups in total. The molecule has 4 aromatic rings. The van der Waals surface area contributed by atoms with Gasteiger partial charge < -0.3 is 18.4 Å². The summed E-state index contributed by atoms with van der Waals surface area (Å²) in [7, 11) is 1.58. The number of methoxy groups -OCH3 is 1. The van der Waals surface area contributed by atoms with Gasteiger partial charge in [0.15, 0.2) is 0 Å². The molecule has 0 saturated carbocycles. The van der Waals surface area contributed by atoms with Crippen LogP contribution in [0.15, 0.2) is 44.3 Å². The van der Waals surface area contributed by atoms with Gasteiger partial charge in [0.1, 0.15) is 35.3 Å². The summed E-state index contributed by atoms with van der Waals surface area (Å²) in [6, 6.07) is 7.16. The molecule has 3 heterocycles. The van der Waals surface area contributed by atoms with Crippen LogP contribution in [0, 0.1) is 6.92 Å². The van der Waals surface area contributed by atoms with Gasteiger partial charge in [0.25, 0.3) is 5.56 Å². The second kappa shape index (κ2) is 7.82. The first-order chi connectivity index (χ1) is 14.5. The van der Waals surface area contributed by atoms with Crippen LogP contribution >= 0.6 is 0 Å². The van der Waals surface area contributed by atoms with E-state index in [9.17, 15) is 9.59 Å². The van der Waals surface area contributed by atoms with Crippen molar-refractivity contribution >= 4 is 17.1 Å². The average Bonchev–Trinajstić information content (AvgIpc) is 3.34. The maximum Gasteiger partial charge on any atom is 0.342 e. The molecule has 30 heavy (non-hydrogen) atoms. The highest BCUT2D eigenvalue weighted by atomic mass is 16.5. The zero-order chi connectivity index (χ0) is 21.3. The van der Waals surface area contributed by atoms with Gasteiger partial charge in [-0.25, -0.2) is 9.78 Å². The Bertz CT molecular complexity index is 1270. The highest BCUT2D eigenvalue weighted by Gasteiger charge is 2.24. The lowest BCUT2D eigenvalue weighted by Crippen LogP contribution is -2.22. The number of carbonyl (C=O) groups is 1. The average molecular weight is 410 g/mol. The van der Waals surface area contributed by atoms with E-state index in [1.807, 2.05) is 0 Å². The molecule has 10 nitrogen and oxygen atoms in total. The van der Waals surface area contributed by atoms with E-state index in [0.717, 1.165) is 5.56 Å². The molecule has 0 amide bonds. The lowest BCUT2D eigenvalue weighted by molar-refractivity contribution is 0.0526. The lowest BCUT2D eigenvalue weighted by Gasteiger charge is -2.02. The number of ether oxygens (including phenoxy) is 2. The Morgan fingerprint density at radius 2 is 2.00 bits per heavy atom. The molecule has 0 spiro atoms. The number of aromatic nitrogens is 4. The minimum atomic E-state index is -0.634. The van der Waals surface area contributed by atoms with Crippen molar-refractivity contribution < 1.29 is 23.2 Å². The molecule has 0 radical (unpaired) electrons. The topological polar surface area (TPSA) is 122 Å². The van der Waals surface area contributed by atoms with E-state index in [1.54, 1.807) is 45.2 Å². The highest BCUT2D eigenvalue weighted by Crippen LogP contribution is 2.22. The molecule has 0 unspecified atom stereocenters. The number of nitrogens with zero attached hydrogens (tertiary/aromatic N) is 4. The molecule has 0 aliphatic heterocycles. The summed E-state index contributed by atoms with van der Waals surface area (Å²) in [4.78, 5) is 33.7. The minimum absolute atomic E-state index is 0.0164. The fraction of sp³-hybridized carbons (Fsp3) is 0.250. The smallest absolute Gasteiger partial charge is 0.342 e. The Morgan fingerprint density at radius 3 is 2.70 bits per heavy atom. The van der Waals surface area contributed by atoms with Gasteiger partial charge in [0.2, 0.25) is 17.4 Å². The zero-order valence-electron chi connectivity index (χ0n) is 16.5. The number of fused-ring (bicyclic) bond motifs is 1. The van der Waals surface area contributed by atoms with Crippen LogP contribution in [-0.2, 0) is 11.3 Å². The highest BCUT2D eigenvalue weighted by molar-refractivity contribution is 6.03. The van der Waals surface area contributed by atoms with Gasteiger partial charge in [-0.15, -0.1) is 0 Å². The van der Waals surface area contributed by atoms with E-state index in [2.05, 4.69) is 15.1 Å². The third-order valence-electron chi connectivity index (χ3n) is 4.46. The van der Waals surface area contributed by atoms with Gasteiger partial charge in [-0.3, -0.25) is 9.36 Å². The normalized spacial score (nSPS) is 11.0. The molecule has 0 saturated heterocycles. The summed E-state index contributed by atoms with van der Waals surface area (Å²) in [6.45, 7) is 3.42. The second-order valence-corrected chi connectivity index (χ2v) is 6.35. The monoisotopic (exact) mass is 410 g/mol. The van der Waals surface area contributed by atoms with Gasteiger partial charge in [-0.05, 0) is 38.1 Å². The summed E-state index contributed by atoms with van der Waals surface area (Å²) < 4.78 is 22.2. The molecular weight excluding hydrogens is 392 g/mol. The first-order valence-corrected chi connectivity index (χ1v) is 9.14. The minimum Gasteiger partial charge on any atom is -0.497 e. The summed E-state index contributed by atoms with van der Waals surface area (Å²) in [5, 5.41) is 4.01. The molecule has 0 bridgehead atoms. The van der Waals surface area contributed by atoms with Crippen LogP contribution in [0.2, 0.25) is 0 Å². The lowest BCUT2D eigenvalue weighted by atomic mass is 10.2. The molecule has 0 aliphatic rings. The predicted octanol–water partition coefficient (Wildman–Crippen LogP) is 2.58. The number of carbonyl (C=O) groups excluding carboxylic acids is 1. The predicted molar refractivity (Wildman–Crippen MR) is 104 cm³/mol. The third-order valence-corrected chi connectivity index (χ3v) is 4.46. The van der Waals surface area contributed by atoms with E-state index in [0.29, 0.717) is 11.6 Å². The van der Waals surface area contributed by atoms with Crippen molar-refractivity contribution in [3.05, 3.63) is 58.2 Å². The number of furan rings is 1. The third kappa shape index (κ3) is 3.43. The van der Waals surface area contributed by atoms with Crippen LogP contribution < -0.4 is 10.3 Å². The Hall–Kier alpha value is -3.95. The molecule has 1 aromatic carbocycles. The number of hydrogen-bond donors (Lipinski definition) is 0. The fourth-order valence-electron chi connectivity index (χ4n) is 3.02. The number of rotatable bonds is 6. The van der Waals surface area contributed by atoms with Gasteiger partial charge in [-0.2, -0.15) is 4.98 Å². The number of benzene rings is 1. The van der Waals surface area contributed by atoms with Gasteiger partial charge in [0.05, 0.1) is 13.7 Å². The molecule has 0 aliphatic carbocycles. The van der Waals surface area contributed by atoms with Crippen LogP contribution in [0.1, 0.15) is 28.9 Å². The van der Waals surface area contributed by atoms with Crippen molar-refractivity contribution in [3.8, 4) is 17.1 Å². The van der Waals surface area contributed by atoms with Crippen LogP contribution in [-0.4, -0.2) is 39.4 Å². The summed E-state index contributed by atoms with van der Waals surface area (Å²) in [5.41, 5.74) is 0.412. The van der Waals surface area contributed by atoms with Gasteiger partial charge in [0, 0.05) is 5.56 Å². The molecule has 3 aromatic heterocycles. The zero-order valence-corrected chi connectivity index (χ0v) is 16.5. The molecule has 4 rings (SSSR count). The van der Waals surface area contributed by atoms with Crippen LogP contribution in [0.5, 0.6) is 5.75 Å². The first-order valence-electron chi connectivity index (χ1n) is 9.14. The van der Waals surface area contributed by atoms with E-state index < -0.39 is 11.5 Å². The summed E-state index contributed by atoms with van der Waals surface area (Å²) >= 11 is 0. The molecule has 10 heteroatoms. The first kappa shape index (κ1) is 19.4. The van der Waals surface area contributed by atoms with Crippen molar-refractivity contribution in [2.24, 2.45) is 0 Å². The molecule has 0 atom stereocenters. The number of esters is 1. The molecule has 154 valence electrons. The van der Waals surface area contributed by atoms with Crippen molar-refractivity contribution in [1.29, 1.82) is 0 Å². The Kier molecular flexibility index (Phi) is 5.05. The van der Waals surface area contributed by atoms with Gasteiger partial charge >= 0.3 is 5.97 Å². The quantitative estimate of drug-likeness (QED) is 0.441. The van der Waals surface area contributed by atoms with Crippen molar-refractivity contribution in [1.82, 2.24) is 19.7 Å². The number of hydrogen-bond acceptors (Lipinski definition) is 9. The van der Waals surface area contributed by atoms with E-state index in [4.69, 9.17) is 18.4 Å². The second-order valence-electron chi connectivity index (χ2n) is 6.35. The SMILES string of the molecule is CCOC(=O)c1c(C)oc2ncn(Cc3nc(-c4ccc(OC)cc4)no3)c(=O)c12. The maximum absolute atomic E-state index is 13.0. The summed E-state index contributed by atoms with van der Waals surface area (Å²) in [5.74, 6) is 0.930. The Labute approximate surface area is 170 Å². The Balaban J connectivity index is 1.67. The van der Waals surface area contributed by atoms with Crippen LogP contribution in [0.25, 0.3) is 22.5 Å². The maximum atomic E-state index is 13.0. The van der Waals surface area contributed by atoms with E-state index in [1.165, 1.54) is 10.9 Å². The standard InChI is InChI=1S/C20H18N4O6/c1-4-28-20(26)15-11(2)29-18-16(15)19(25)24(10-21-18)9-14-22-17(23-30-14)12-5-7-13(27-3)8-6-12/h5-8,10H,4,9H2,1-3H3. The Morgan fingerprint density at radius 1 is 1.23 bits per heavy atom. The number of aryl methyl sites for hydroxylation is 1. The van der Waals surface area contributed by atoms with Crippen molar-refractivity contribution in [3.63, 3.8) is 0 Å². The van der Waals surface area contributed by atoms with Crippen molar-refractivity contribution in [2.75, 3.05) is 13.7 Å². The summed E-state index contributed by atoms with van der Waals surface area (Å²) in [6.07, 6.45) is 1.31. The van der Waals surface area contributed by atoms with Gasteiger partial charge in [-0.1, -0.05) is 5.16 Å². The van der Waals surface area contributed by atoms with E-state index in [-0.39, 0.29) is 41.5 Å². The van der Waals surface area contributed by atoms with Crippen LogP contribution in [0.4, 0.5) is 0 Å². The van der Waals surface area contributed by atoms with E-state index >= 15 is 0 Å². The van der Waals surface area contributed by atoms with Crippen LogP contribution in [0.3, 0.4) is 0 Å². The fourth-order valence-corrected chi connectivity index (χ4v) is 3.02.